The van der Waals surface area contributed by atoms with Crippen LogP contribution < -0.4 is 0 Å². The predicted molar refractivity (Wildman–Crippen MR) is 82.4 cm³/mol. The number of rotatable bonds is 2. The number of nitrogens with zero attached hydrogens (tertiary/aromatic N) is 2. The molecular weight excluding hydrogens is 244 g/mol. The molecule has 1 aromatic carbocycles. The molecule has 0 unspecified atom stereocenters. The van der Waals surface area contributed by atoms with Crippen molar-refractivity contribution in [3.05, 3.63) is 72.1 Å². The van der Waals surface area contributed by atoms with Gasteiger partial charge in [0.1, 0.15) is 0 Å². The minimum Gasteiger partial charge on any atom is -0.253 e. The van der Waals surface area contributed by atoms with Crippen molar-refractivity contribution in [1.82, 2.24) is 9.97 Å². The van der Waals surface area contributed by atoms with E-state index in [1.165, 1.54) is 0 Å². The lowest BCUT2D eigenvalue weighted by Crippen LogP contribution is -1.88. The van der Waals surface area contributed by atoms with Gasteiger partial charge >= 0.3 is 0 Å². The molecule has 0 spiro atoms. The van der Waals surface area contributed by atoms with Gasteiger partial charge in [-0.25, -0.2) is 0 Å². The number of benzene rings is 1. The summed E-state index contributed by atoms with van der Waals surface area (Å²) in [5.74, 6) is 0. The van der Waals surface area contributed by atoms with Crippen LogP contribution in [-0.2, 0) is 0 Å². The summed E-state index contributed by atoms with van der Waals surface area (Å²) in [5, 5.41) is 0. The molecule has 0 bridgehead atoms. The van der Waals surface area contributed by atoms with E-state index in [9.17, 15) is 0 Å². The zero-order valence-corrected chi connectivity index (χ0v) is 11.7. The van der Waals surface area contributed by atoms with Crippen LogP contribution in [0.25, 0.3) is 22.5 Å². The van der Waals surface area contributed by atoms with Gasteiger partial charge in [0.25, 0.3) is 0 Å². The van der Waals surface area contributed by atoms with Gasteiger partial charge in [-0.1, -0.05) is 36.4 Å². The maximum Gasteiger partial charge on any atom is 0.0705 e. The normalized spacial score (nSPS) is 10.5. The van der Waals surface area contributed by atoms with E-state index in [2.05, 4.69) is 34.2 Å². The van der Waals surface area contributed by atoms with Gasteiger partial charge < -0.3 is 0 Å². The summed E-state index contributed by atoms with van der Waals surface area (Å²) < 4.78 is 0. The van der Waals surface area contributed by atoms with Crippen molar-refractivity contribution in [1.29, 1.82) is 0 Å². The van der Waals surface area contributed by atoms with Crippen LogP contribution in [0.3, 0.4) is 0 Å². The number of hydrogen-bond donors (Lipinski definition) is 0. The highest BCUT2D eigenvalue weighted by atomic mass is 14.7. The average molecular weight is 260 g/mol. The highest BCUT2D eigenvalue weighted by Gasteiger charge is 2.02. The Kier molecular flexibility index (Phi) is 3.30. The fourth-order valence-electron chi connectivity index (χ4n) is 2.22. The first-order valence-corrected chi connectivity index (χ1v) is 6.70. The summed E-state index contributed by atoms with van der Waals surface area (Å²) in [4.78, 5) is 9.09. The second-order valence-corrected chi connectivity index (χ2v) is 4.91. The number of aromatic nitrogens is 2. The third-order valence-electron chi connectivity index (χ3n) is 3.25. The van der Waals surface area contributed by atoms with Crippen molar-refractivity contribution in [2.24, 2.45) is 0 Å². The summed E-state index contributed by atoms with van der Waals surface area (Å²) in [6, 6.07) is 20.6. The molecule has 2 heteroatoms. The zero-order chi connectivity index (χ0) is 13.9. The van der Waals surface area contributed by atoms with Crippen LogP contribution in [0, 0.1) is 13.8 Å². The SMILES string of the molecule is Cc1cccc(-c2ccc(-c3cccc(C)n3)cc2)n1. The van der Waals surface area contributed by atoms with Gasteiger partial charge in [0.05, 0.1) is 11.4 Å². The van der Waals surface area contributed by atoms with Crippen molar-refractivity contribution in [2.75, 3.05) is 0 Å². The van der Waals surface area contributed by atoms with Crippen LogP contribution in [0.2, 0.25) is 0 Å². The van der Waals surface area contributed by atoms with Crippen molar-refractivity contribution < 1.29 is 0 Å². The lowest BCUT2D eigenvalue weighted by atomic mass is 10.1. The Morgan fingerprint density at radius 3 is 1.30 bits per heavy atom. The van der Waals surface area contributed by atoms with E-state index < -0.39 is 0 Å². The second kappa shape index (κ2) is 5.25. The first-order valence-electron chi connectivity index (χ1n) is 6.70. The maximum atomic E-state index is 4.54. The Morgan fingerprint density at radius 1 is 0.550 bits per heavy atom. The Hall–Kier alpha value is -2.48. The molecule has 20 heavy (non-hydrogen) atoms. The highest BCUT2D eigenvalue weighted by Crippen LogP contribution is 2.22. The van der Waals surface area contributed by atoms with E-state index in [1.54, 1.807) is 0 Å². The first kappa shape index (κ1) is 12.5. The molecule has 0 atom stereocenters. The standard InChI is InChI=1S/C18H16N2/c1-13-5-3-7-17(19-13)15-9-11-16(12-10-15)18-8-4-6-14(2)20-18/h3-12H,1-2H3. The van der Waals surface area contributed by atoms with Crippen LogP contribution in [-0.4, -0.2) is 9.97 Å². The quantitative estimate of drug-likeness (QED) is 0.681. The molecule has 2 nitrogen and oxygen atoms in total. The van der Waals surface area contributed by atoms with Crippen LogP contribution in [0.1, 0.15) is 11.4 Å². The van der Waals surface area contributed by atoms with E-state index in [4.69, 9.17) is 0 Å². The molecule has 98 valence electrons. The van der Waals surface area contributed by atoms with Gasteiger partial charge in [-0.15, -0.1) is 0 Å². The molecule has 0 aliphatic heterocycles. The van der Waals surface area contributed by atoms with Gasteiger partial charge in [0, 0.05) is 22.5 Å². The van der Waals surface area contributed by atoms with E-state index in [-0.39, 0.29) is 0 Å². The van der Waals surface area contributed by atoms with Crippen molar-refractivity contribution in [3.63, 3.8) is 0 Å². The molecule has 2 aromatic heterocycles. The molecule has 0 amide bonds. The molecule has 0 saturated heterocycles. The number of pyridine rings is 2. The lowest BCUT2D eigenvalue weighted by molar-refractivity contribution is 1.20. The van der Waals surface area contributed by atoms with E-state index in [0.29, 0.717) is 0 Å². The Labute approximate surface area is 119 Å². The molecule has 2 heterocycles. The minimum atomic E-state index is 1.01. The highest BCUT2D eigenvalue weighted by molar-refractivity contribution is 5.66. The smallest absolute Gasteiger partial charge is 0.0705 e. The van der Waals surface area contributed by atoms with Crippen LogP contribution in [0.4, 0.5) is 0 Å². The summed E-state index contributed by atoms with van der Waals surface area (Å²) >= 11 is 0. The number of aryl methyl sites for hydroxylation is 2. The average Bonchev–Trinajstić information content (AvgIpc) is 2.47. The Balaban J connectivity index is 1.96. The molecule has 0 fully saturated rings. The van der Waals surface area contributed by atoms with Gasteiger partial charge in [-0.05, 0) is 38.1 Å². The Morgan fingerprint density at radius 2 is 0.950 bits per heavy atom. The molecule has 3 rings (SSSR count). The minimum absolute atomic E-state index is 1.01. The first-order chi connectivity index (χ1) is 9.72. The van der Waals surface area contributed by atoms with Crippen LogP contribution >= 0.6 is 0 Å². The fraction of sp³-hybridized carbons (Fsp3) is 0.111. The van der Waals surface area contributed by atoms with Gasteiger partial charge in [0.15, 0.2) is 0 Å². The zero-order valence-electron chi connectivity index (χ0n) is 11.7. The topological polar surface area (TPSA) is 25.8 Å². The van der Waals surface area contributed by atoms with Gasteiger partial charge in [0.2, 0.25) is 0 Å². The maximum absolute atomic E-state index is 4.54. The third kappa shape index (κ3) is 2.59. The molecule has 0 radical (unpaired) electrons. The number of hydrogen-bond acceptors (Lipinski definition) is 2. The lowest BCUT2D eigenvalue weighted by Gasteiger charge is -2.05. The predicted octanol–water partition coefficient (Wildman–Crippen LogP) is 4.43. The molecule has 0 aliphatic rings. The summed E-state index contributed by atoms with van der Waals surface area (Å²) in [6.45, 7) is 4.02. The summed E-state index contributed by atoms with van der Waals surface area (Å²) in [7, 11) is 0. The summed E-state index contributed by atoms with van der Waals surface area (Å²) in [6.07, 6.45) is 0. The molecule has 0 saturated carbocycles. The Bertz CT molecular complexity index is 666. The monoisotopic (exact) mass is 260 g/mol. The largest absolute Gasteiger partial charge is 0.253 e. The van der Waals surface area contributed by atoms with E-state index in [0.717, 1.165) is 33.9 Å². The molecule has 0 aliphatic carbocycles. The van der Waals surface area contributed by atoms with Crippen molar-refractivity contribution in [2.45, 2.75) is 13.8 Å². The molecule has 0 N–H and O–H groups in total. The second-order valence-electron chi connectivity index (χ2n) is 4.91. The van der Waals surface area contributed by atoms with Crippen molar-refractivity contribution in [3.8, 4) is 22.5 Å². The van der Waals surface area contributed by atoms with Crippen molar-refractivity contribution >= 4 is 0 Å². The van der Waals surface area contributed by atoms with E-state index >= 15 is 0 Å². The van der Waals surface area contributed by atoms with Crippen LogP contribution in [0.5, 0.6) is 0 Å². The van der Waals surface area contributed by atoms with Gasteiger partial charge in [-0.3, -0.25) is 9.97 Å². The molecule has 3 aromatic rings. The van der Waals surface area contributed by atoms with Crippen LogP contribution in [0.15, 0.2) is 60.7 Å². The van der Waals surface area contributed by atoms with E-state index in [1.807, 2.05) is 50.2 Å². The summed E-state index contributed by atoms with van der Waals surface area (Å²) in [5.41, 5.74) is 6.34. The third-order valence-corrected chi connectivity index (χ3v) is 3.25. The molecular formula is C18H16N2. The fourth-order valence-corrected chi connectivity index (χ4v) is 2.22. The van der Waals surface area contributed by atoms with Gasteiger partial charge in [-0.2, -0.15) is 0 Å².